The molecule has 0 aliphatic rings. The van der Waals surface area contributed by atoms with Gasteiger partial charge in [-0.1, -0.05) is 96.5 Å². The molecule has 0 bridgehead atoms. The number of unbranched alkanes of at least 4 members (excludes halogenated alkanes) is 13. The largest absolute Gasteiger partial charge is 1.00 e. The summed E-state index contributed by atoms with van der Waals surface area (Å²) in [6.07, 6.45) is 23.7. The quantitative estimate of drug-likeness (QED) is 0.221. The fraction of sp³-hybridized carbons (Fsp3) is 0.800. The van der Waals surface area contributed by atoms with Crippen LogP contribution < -0.4 is 17.0 Å². The fourth-order valence-electron chi connectivity index (χ4n) is 3.47. The van der Waals surface area contributed by atoms with E-state index in [0.29, 0.717) is 6.61 Å². The molecule has 170 valence electrons. The van der Waals surface area contributed by atoms with Crippen LogP contribution in [0.1, 0.15) is 96.8 Å². The Balaban J connectivity index is 0.00000784. The summed E-state index contributed by atoms with van der Waals surface area (Å²) in [5, 5.41) is 0. The van der Waals surface area contributed by atoms with Crippen molar-refractivity contribution in [1.29, 1.82) is 0 Å². The molecular weight excluding hydrogens is 382 g/mol. The predicted molar refractivity (Wildman–Crippen MR) is 119 cm³/mol. The van der Waals surface area contributed by atoms with Crippen molar-refractivity contribution in [1.82, 2.24) is 0 Å². The second kappa shape index (κ2) is 23.6. The smallest absolute Gasteiger partial charge is 0.171 e. The van der Waals surface area contributed by atoms with Crippen LogP contribution in [0.4, 0.5) is 0 Å². The molecule has 3 nitrogen and oxygen atoms in total. The molecule has 1 rings (SSSR count). The minimum atomic E-state index is 0. The number of aromatic nitrogens is 1. The average Bonchev–Trinajstić information content (AvgIpc) is 2.73. The van der Waals surface area contributed by atoms with Crippen LogP contribution in [-0.4, -0.2) is 26.4 Å². The van der Waals surface area contributed by atoms with Gasteiger partial charge in [-0.2, -0.15) is 0 Å². The van der Waals surface area contributed by atoms with Crippen molar-refractivity contribution in [3.63, 3.8) is 0 Å². The molecule has 0 aromatic carbocycles. The lowest BCUT2D eigenvalue weighted by Gasteiger charge is -2.05. The minimum absolute atomic E-state index is 0. The van der Waals surface area contributed by atoms with E-state index in [0.717, 1.165) is 26.4 Å². The number of rotatable bonds is 21. The lowest BCUT2D eigenvalue weighted by atomic mass is 10.0. The summed E-state index contributed by atoms with van der Waals surface area (Å²) in [4.78, 5) is 0. The molecule has 0 amide bonds. The number of halogens is 1. The Morgan fingerprint density at radius 1 is 0.517 bits per heavy atom. The van der Waals surface area contributed by atoms with Gasteiger partial charge in [0, 0.05) is 18.7 Å². The van der Waals surface area contributed by atoms with Crippen LogP contribution in [0.3, 0.4) is 0 Å². The van der Waals surface area contributed by atoms with E-state index in [1.807, 2.05) is 18.2 Å². The van der Waals surface area contributed by atoms with E-state index < -0.39 is 0 Å². The first-order valence-corrected chi connectivity index (χ1v) is 12.0. The Labute approximate surface area is 187 Å². The molecule has 0 aliphatic carbocycles. The molecule has 0 N–H and O–H groups in total. The highest BCUT2D eigenvalue weighted by molar-refractivity contribution is 4.83. The summed E-state index contributed by atoms with van der Waals surface area (Å²) in [5.41, 5.74) is 0. The molecule has 0 aliphatic heterocycles. The number of hydrogen-bond donors (Lipinski definition) is 0. The number of hydrogen-bond acceptors (Lipinski definition) is 2. The van der Waals surface area contributed by atoms with Crippen LogP contribution in [-0.2, 0) is 16.0 Å². The molecule has 0 saturated carbocycles. The zero-order chi connectivity index (χ0) is 20.0. The first kappa shape index (κ1) is 28.4. The van der Waals surface area contributed by atoms with Gasteiger partial charge in [-0.25, -0.2) is 4.57 Å². The van der Waals surface area contributed by atoms with Crippen molar-refractivity contribution >= 4 is 0 Å². The van der Waals surface area contributed by atoms with E-state index in [4.69, 9.17) is 9.47 Å². The highest BCUT2D eigenvalue weighted by Gasteiger charge is 1.98. The van der Waals surface area contributed by atoms with Gasteiger partial charge in [0.25, 0.3) is 0 Å². The van der Waals surface area contributed by atoms with Gasteiger partial charge in [-0.05, 0) is 6.42 Å². The maximum Gasteiger partial charge on any atom is 0.171 e. The Hall–Kier alpha value is -0.640. The van der Waals surface area contributed by atoms with Crippen molar-refractivity contribution in [2.24, 2.45) is 0 Å². The SMILES string of the molecule is CCCCCCCCCCCCCCCCOCCOCC[n+]1ccccc1.[Cl-]. The Kier molecular flexibility index (Phi) is 23.1. The highest BCUT2D eigenvalue weighted by atomic mass is 35.5. The van der Waals surface area contributed by atoms with E-state index in [-0.39, 0.29) is 12.4 Å². The summed E-state index contributed by atoms with van der Waals surface area (Å²) in [7, 11) is 0. The van der Waals surface area contributed by atoms with Gasteiger partial charge < -0.3 is 21.9 Å². The van der Waals surface area contributed by atoms with E-state index in [2.05, 4.69) is 23.9 Å². The molecular formula is C25H46ClNO2. The Bertz CT molecular complexity index is 417. The van der Waals surface area contributed by atoms with Gasteiger partial charge >= 0.3 is 0 Å². The number of nitrogens with zero attached hydrogens (tertiary/aromatic N) is 1. The van der Waals surface area contributed by atoms with Crippen LogP contribution >= 0.6 is 0 Å². The third-order valence-corrected chi connectivity index (χ3v) is 5.29. The average molecular weight is 428 g/mol. The Morgan fingerprint density at radius 3 is 1.48 bits per heavy atom. The lowest BCUT2D eigenvalue weighted by Crippen LogP contribution is -3.00. The topological polar surface area (TPSA) is 22.3 Å². The van der Waals surface area contributed by atoms with Crippen molar-refractivity contribution < 1.29 is 26.4 Å². The van der Waals surface area contributed by atoms with Gasteiger partial charge in [-0.3, -0.25) is 0 Å². The first-order valence-electron chi connectivity index (χ1n) is 12.0. The second-order valence-corrected chi connectivity index (χ2v) is 7.93. The summed E-state index contributed by atoms with van der Waals surface area (Å²) < 4.78 is 13.4. The van der Waals surface area contributed by atoms with Crippen molar-refractivity contribution in [3.05, 3.63) is 30.6 Å². The minimum Gasteiger partial charge on any atom is -1.00 e. The first-order chi connectivity index (χ1) is 13.9. The van der Waals surface area contributed by atoms with Crippen LogP contribution in [0.15, 0.2) is 30.6 Å². The molecule has 0 saturated heterocycles. The molecule has 0 unspecified atom stereocenters. The monoisotopic (exact) mass is 427 g/mol. The maximum atomic E-state index is 5.66. The van der Waals surface area contributed by atoms with Crippen LogP contribution in [0.5, 0.6) is 0 Å². The van der Waals surface area contributed by atoms with E-state index in [1.54, 1.807) is 0 Å². The third-order valence-electron chi connectivity index (χ3n) is 5.29. The standard InChI is InChI=1S/C25H46NO2.ClH/c1-2-3-4-5-6-7-8-9-10-11-12-13-14-18-22-27-24-25-28-23-21-26-19-16-15-17-20-26;/h15-17,19-20H,2-14,18,21-25H2,1H3;1H/q+1;/p-1. The third kappa shape index (κ3) is 20.4. The summed E-state index contributed by atoms with van der Waals surface area (Å²) in [6, 6.07) is 6.11. The van der Waals surface area contributed by atoms with Gasteiger partial charge in [0.2, 0.25) is 0 Å². The van der Waals surface area contributed by atoms with Crippen molar-refractivity contribution in [2.45, 2.75) is 103 Å². The zero-order valence-corrected chi connectivity index (χ0v) is 19.7. The summed E-state index contributed by atoms with van der Waals surface area (Å²) in [5.74, 6) is 0. The molecule has 0 radical (unpaired) electrons. The van der Waals surface area contributed by atoms with Crippen LogP contribution in [0.25, 0.3) is 0 Å². The zero-order valence-electron chi connectivity index (χ0n) is 19.0. The van der Waals surface area contributed by atoms with Gasteiger partial charge in [0.1, 0.15) is 6.61 Å². The van der Waals surface area contributed by atoms with Crippen LogP contribution in [0.2, 0.25) is 0 Å². The molecule has 1 aromatic heterocycles. The molecule has 0 spiro atoms. The fourth-order valence-corrected chi connectivity index (χ4v) is 3.47. The molecule has 1 heterocycles. The molecule has 0 atom stereocenters. The van der Waals surface area contributed by atoms with E-state index in [1.165, 1.54) is 89.9 Å². The number of pyridine rings is 1. The predicted octanol–water partition coefficient (Wildman–Crippen LogP) is 3.49. The maximum absolute atomic E-state index is 5.66. The second-order valence-electron chi connectivity index (χ2n) is 7.93. The summed E-state index contributed by atoms with van der Waals surface area (Å²) >= 11 is 0. The number of ether oxygens (including phenoxy) is 2. The van der Waals surface area contributed by atoms with Gasteiger partial charge in [0.15, 0.2) is 18.9 Å². The Morgan fingerprint density at radius 2 is 0.966 bits per heavy atom. The van der Waals surface area contributed by atoms with Gasteiger partial charge in [0.05, 0.1) is 13.2 Å². The van der Waals surface area contributed by atoms with Crippen molar-refractivity contribution in [3.8, 4) is 0 Å². The molecule has 29 heavy (non-hydrogen) atoms. The van der Waals surface area contributed by atoms with E-state index >= 15 is 0 Å². The lowest BCUT2D eigenvalue weighted by molar-refractivity contribution is -0.698. The van der Waals surface area contributed by atoms with E-state index in [9.17, 15) is 0 Å². The normalized spacial score (nSPS) is 10.8. The van der Waals surface area contributed by atoms with Crippen molar-refractivity contribution in [2.75, 3.05) is 26.4 Å². The summed E-state index contributed by atoms with van der Waals surface area (Å²) in [6.45, 7) is 6.24. The molecule has 1 aromatic rings. The molecule has 0 fully saturated rings. The molecule has 4 heteroatoms. The highest BCUT2D eigenvalue weighted by Crippen LogP contribution is 2.12. The van der Waals surface area contributed by atoms with Gasteiger partial charge in [-0.15, -0.1) is 0 Å². The van der Waals surface area contributed by atoms with Crippen LogP contribution in [0, 0.1) is 0 Å².